The minimum Gasteiger partial charge on any atom is -0.497 e. The third-order valence-corrected chi connectivity index (χ3v) is 4.18. The van der Waals surface area contributed by atoms with Gasteiger partial charge in [0.1, 0.15) is 22.8 Å². The molecule has 0 heterocycles. The van der Waals surface area contributed by atoms with Crippen LogP contribution in [0.5, 0.6) is 17.2 Å². The Kier molecular flexibility index (Phi) is 6.15. The molecule has 1 N–H and O–H groups in total. The number of halogens is 3. The Morgan fingerprint density at radius 3 is 1.93 bits per heavy atom. The molecule has 3 aromatic rings. The molecular weight excluding hydrogens is 399 g/mol. The van der Waals surface area contributed by atoms with E-state index in [1.54, 1.807) is 36.4 Å². The number of benzene rings is 3. The van der Waals surface area contributed by atoms with E-state index in [0.29, 0.717) is 28.6 Å². The molecule has 0 radical (unpaired) electrons. The van der Waals surface area contributed by atoms with E-state index in [1.165, 1.54) is 32.4 Å². The van der Waals surface area contributed by atoms with Crippen molar-refractivity contribution >= 4 is 17.3 Å². The molecule has 0 amide bonds. The van der Waals surface area contributed by atoms with Gasteiger partial charge >= 0.3 is 12.1 Å². The highest BCUT2D eigenvalue weighted by Crippen LogP contribution is 2.32. The van der Waals surface area contributed by atoms with Gasteiger partial charge in [-0.1, -0.05) is 0 Å². The summed E-state index contributed by atoms with van der Waals surface area (Å²) in [4.78, 5) is 12.0. The summed E-state index contributed by atoms with van der Waals surface area (Å²) in [7, 11) is 2.76. The van der Waals surface area contributed by atoms with Gasteiger partial charge in [0.15, 0.2) is 0 Å². The van der Waals surface area contributed by atoms with E-state index < -0.39 is 17.7 Å². The van der Waals surface area contributed by atoms with Gasteiger partial charge in [-0.2, -0.15) is 13.2 Å². The molecule has 0 aliphatic rings. The van der Waals surface area contributed by atoms with Gasteiger partial charge < -0.3 is 19.5 Å². The monoisotopic (exact) mass is 417 g/mol. The largest absolute Gasteiger partial charge is 0.497 e. The van der Waals surface area contributed by atoms with E-state index in [-0.39, 0.29) is 5.56 Å². The van der Waals surface area contributed by atoms with E-state index in [4.69, 9.17) is 14.2 Å². The lowest BCUT2D eigenvalue weighted by molar-refractivity contribution is -0.137. The number of anilines is 2. The molecule has 8 heteroatoms. The van der Waals surface area contributed by atoms with Gasteiger partial charge in [0.2, 0.25) is 0 Å². The van der Waals surface area contributed by atoms with E-state index in [2.05, 4.69) is 5.32 Å². The molecule has 5 nitrogen and oxygen atoms in total. The van der Waals surface area contributed by atoms with Gasteiger partial charge in [0.05, 0.1) is 19.8 Å². The zero-order valence-electron chi connectivity index (χ0n) is 16.1. The summed E-state index contributed by atoms with van der Waals surface area (Å²) >= 11 is 0. The first-order chi connectivity index (χ1) is 14.3. The fraction of sp³-hybridized carbons (Fsp3) is 0.136. The SMILES string of the molecule is COC(=O)c1cc(OC)ccc1Oc1ccc(Nc2ccc(C(F)(F)F)cc2)cc1. The van der Waals surface area contributed by atoms with Gasteiger partial charge in [-0.15, -0.1) is 0 Å². The van der Waals surface area contributed by atoms with Crippen molar-refractivity contribution in [3.8, 4) is 17.2 Å². The zero-order chi connectivity index (χ0) is 21.7. The molecule has 0 bridgehead atoms. The van der Waals surface area contributed by atoms with Crippen LogP contribution in [0.4, 0.5) is 24.5 Å². The molecule has 0 saturated heterocycles. The maximum atomic E-state index is 12.6. The lowest BCUT2D eigenvalue weighted by Crippen LogP contribution is -2.04. The second-order valence-corrected chi connectivity index (χ2v) is 6.18. The molecule has 0 saturated carbocycles. The number of esters is 1. The summed E-state index contributed by atoms with van der Waals surface area (Å²) in [5.74, 6) is 0.678. The average Bonchev–Trinajstić information content (AvgIpc) is 2.74. The van der Waals surface area contributed by atoms with Crippen LogP contribution in [0.1, 0.15) is 15.9 Å². The van der Waals surface area contributed by atoms with E-state index >= 15 is 0 Å². The van der Waals surface area contributed by atoms with Crippen molar-refractivity contribution in [3.63, 3.8) is 0 Å². The molecule has 0 spiro atoms. The minimum atomic E-state index is -4.37. The summed E-state index contributed by atoms with van der Waals surface area (Å²) in [6.45, 7) is 0. The van der Waals surface area contributed by atoms with Crippen molar-refractivity contribution in [2.45, 2.75) is 6.18 Å². The van der Waals surface area contributed by atoms with Crippen LogP contribution in [-0.4, -0.2) is 20.2 Å². The van der Waals surface area contributed by atoms with Crippen molar-refractivity contribution in [2.75, 3.05) is 19.5 Å². The fourth-order valence-corrected chi connectivity index (χ4v) is 2.64. The normalized spacial score (nSPS) is 11.0. The van der Waals surface area contributed by atoms with Crippen molar-refractivity contribution in [2.24, 2.45) is 0 Å². The molecule has 0 aliphatic carbocycles. The Labute approximate surface area is 171 Å². The highest BCUT2D eigenvalue weighted by atomic mass is 19.4. The van der Waals surface area contributed by atoms with Crippen molar-refractivity contribution < 1.29 is 32.2 Å². The highest BCUT2D eigenvalue weighted by molar-refractivity contribution is 5.93. The molecule has 0 aliphatic heterocycles. The number of carbonyl (C=O) groups excluding carboxylic acids is 1. The van der Waals surface area contributed by atoms with Crippen LogP contribution >= 0.6 is 0 Å². The Balaban J connectivity index is 1.73. The van der Waals surface area contributed by atoms with Crippen LogP contribution in [0.3, 0.4) is 0 Å². The van der Waals surface area contributed by atoms with Gasteiger partial charge in [0, 0.05) is 11.4 Å². The maximum absolute atomic E-state index is 12.6. The molecule has 156 valence electrons. The summed E-state index contributed by atoms with van der Waals surface area (Å²) in [5, 5.41) is 3.01. The third kappa shape index (κ3) is 5.02. The maximum Gasteiger partial charge on any atom is 0.416 e. The summed E-state index contributed by atoms with van der Waals surface area (Å²) in [6, 6.07) is 16.2. The fourth-order valence-electron chi connectivity index (χ4n) is 2.64. The average molecular weight is 417 g/mol. The second kappa shape index (κ2) is 8.77. The van der Waals surface area contributed by atoms with Crippen LogP contribution in [-0.2, 0) is 10.9 Å². The summed E-state index contributed by atoms with van der Waals surface area (Å²) < 4.78 is 53.6. The standard InChI is InChI=1S/C22H18F3NO4/c1-28-18-11-12-20(19(13-18)21(27)29-2)30-17-9-7-16(8-10-17)26-15-5-3-14(4-6-15)22(23,24)25/h3-13,26H,1-2H3. The smallest absolute Gasteiger partial charge is 0.416 e. The first-order valence-electron chi connectivity index (χ1n) is 8.78. The molecular formula is C22H18F3NO4. The summed E-state index contributed by atoms with van der Waals surface area (Å²) in [6.07, 6.45) is -4.37. The predicted octanol–water partition coefficient (Wildman–Crippen LogP) is 6.04. The van der Waals surface area contributed by atoms with Crippen LogP contribution in [0.15, 0.2) is 66.7 Å². The number of carbonyl (C=O) groups is 1. The molecule has 0 fully saturated rings. The van der Waals surface area contributed by atoms with Crippen molar-refractivity contribution in [1.29, 1.82) is 0 Å². The Morgan fingerprint density at radius 2 is 1.40 bits per heavy atom. The molecule has 0 atom stereocenters. The van der Waals surface area contributed by atoms with Crippen molar-refractivity contribution in [3.05, 3.63) is 77.9 Å². The highest BCUT2D eigenvalue weighted by Gasteiger charge is 2.29. The van der Waals surface area contributed by atoms with Crippen LogP contribution in [0.2, 0.25) is 0 Å². The van der Waals surface area contributed by atoms with Crippen LogP contribution in [0, 0.1) is 0 Å². The quantitative estimate of drug-likeness (QED) is 0.496. The van der Waals surface area contributed by atoms with Gasteiger partial charge in [-0.25, -0.2) is 4.79 Å². The topological polar surface area (TPSA) is 56.8 Å². The van der Waals surface area contributed by atoms with E-state index in [9.17, 15) is 18.0 Å². The second-order valence-electron chi connectivity index (χ2n) is 6.18. The molecule has 30 heavy (non-hydrogen) atoms. The minimum absolute atomic E-state index is 0.212. The third-order valence-electron chi connectivity index (χ3n) is 4.18. The molecule has 0 unspecified atom stereocenters. The first kappa shape index (κ1) is 21.0. The Bertz CT molecular complexity index is 1020. The summed E-state index contributed by atoms with van der Waals surface area (Å²) in [5.41, 5.74) is 0.673. The van der Waals surface area contributed by atoms with E-state index in [1.807, 2.05) is 0 Å². The van der Waals surface area contributed by atoms with Gasteiger partial charge in [-0.3, -0.25) is 0 Å². The zero-order valence-corrected chi connectivity index (χ0v) is 16.1. The number of hydrogen-bond donors (Lipinski definition) is 1. The molecule has 0 aromatic heterocycles. The van der Waals surface area contributed by atoms with Crippen molar-refractivity contribution in [1.82, 2.24) is 0 Å². The van der Waals surface area contributed by atoms with E-state index in [0.717, 1.165) is 12.1 Å². The van der Waals surface area contributed by atoms with Crippen LogP contribution < -0.4 is 14.8 Å². The number of nitrogens with one attached hydrogen (secondary N) is 1. The number of alkyl halides is 3. The number of hydrogen-bond acceptors (Lipinski definition) is 5. The number of methoxy groups -OCH3 is 2. The lowest BCUT2D eigenvalue weighted by atomic mass is 10.2. The Hall–Kier alpha value is -3.68. The van der Waals surface area contributed by atoms with Crippen LogP contribution in [0.25, 0.3) is 0 Å². The van der Waals surface area contributed by atoms with Gasteiger partial charge in [-0.05, 0) is 66.7 Å². The molecule has 3 aromatic carbocycles. The molecule has 3 rings (SSSR count). The Morgan fingerprint density at radius 1 is 0.833 bits per heavy atom. The first-order valence-corrected chi connectivity index (χ1v) is 8.78. The predicted molar refractivity (Wildman–Crippen MR) is 106 cm³/mol. The van der Waals surface area contributed by atoms with Gasteiger partial charge in [0.25, 0.3) is 0 Å². The number of rotatable bonds is 6. The lowest BCUT2D eigenvalue weighted by Gasteiger charge is -2.13. The number of ether oxygens (including phenoxy) is 3.